The van der Waals surface area contributed by atoms with Crippen molar-refractivity contribution in [1.29, 1.82) is 0 Å². The molecule has 0 fully saturated rings. The molecule has 0 saturated carbocycles. The lowest BCUT2D eigenvalue weighted by Gasteiger charge is -2.19. The molecule has 2 aliphatic rings. The minimum Gasteiger partial charge on any atom is -0.0682 e. The highest BCUT2D eigenvalue weighted by Gasteiger charge is 2.34. The fraction of sp³-hybridized carbons (Fsp3) is 0.0476. The molecule has 0 saturated heterocycles. The van der Waals surface area contributed by atoms with Crippen LogP contribution in [0.25, 0.3) is 67.1 Å². The molecule has 0 radical (unpaired) electrons. The van der Waals surface area contributed by atoms with Gasteiger partial charge in [0.15, 0.2) is 0 Å². The van der Waals surface area contributed by atoms with Crippen molar-refractivity contribution in [3.8, 4) is 33.4 Å². The Labute approximate surface area is 245 Å². The molecule has 0 aromatic heterocycles. The molecule has 0 heterocycles. The van der Waals surface area contributed by atoms with E-state index in [9.17, 15) is 0 Å². The molecule has 0 bridgehead atoms. The Kier molecular flexibility index (Phi) is 5.12. The van der Waals surface area contributed by atoms with Crippen LogP contribution in [0.5, 0.6) is 0 Å². The van der Waals surface area contributed by atoms with Gasteiger partial charge in [0.2, 0.25) is 0 Å². The van der Waals surface area contributed by atoms with Crippen LogP contribution in [0.4, 0.5) is 0 Å². The monoisotopic (exact) mass is 532 g/mol. The quantitative estimate of drug-likeness (QED) is 0.213. The van der Waals surface area contributed by atoms with Crippen LogP contribution >= 0.6 is 0 Å². The van der Waals surface area contributed by atoms with E-state index in [1.807, 2.05) is 0 Å². The minimum atomic E-state index is 0.347. The van der Waals surface area contributed by atoms with Gasteiger partial charge in [-0.2, -0.15) is 0 Å². The maximum Gasteiger partial charge on any atom is 0.0138 e. The fourth-order valence-electron chi connectivity index (χ4n) is 7.27. The van der Waals surface area contributed by atoms with E-state index in [-0.39, 0.29) is 0 Å². The summed E-state index contributed by atoms with van der Waals surface area (Å²) in [7, 11) is 0. The Bertz CT molecular complexity index is 2290. The van der Waals surface area contributed by atoms with Gasteiger partial charge in [0.25, 0.3) is 0 Å². The molecule has 0 nitrogen and oxygen atoms in total. The van der Waals surface area contributed by atoms with Gasteiger partial charge < -0.3 is 0 Å². The van der Waals surface area contributed by atoms with Crippen LogP contribution in [0.15, 0.2) is 146 Å². The second-order valence-electron chi connectivity index (χ2n) is 11.7. The van der Waals surface area contributed by atoms with Crippen molar-refractivity contribution in [3.63, 3.8) is 0 Å². The average molecular weight is 533 g/mol. The number of hydrogen-bond donors (Lipinski definition) is 0. The van der Waals surface area contributed by atoms with Crippen molar-refractivity contribution in [2.75, 3.05) is 0 Å². The summed E-state index contributed by atoms with van der Waals surface area (Å²) >= 11 is 0. The van der Waals surface area contributed by atoms with Crippen molar-refractivity contribution in [2.24, 2.45) is 0 Å². The van der Waals surface area contributed by atoms with E-state index in [0.717, 1.165) is 0 Å². The van der Waals surface area contributed by atoms with E-state index >= 15 is 0 Å². The maximum absolute atomic E-state index is 2.50. The summed E-state index contributed by atoms with van der Waals surface area (Å²) in [4.78, 5) is 0. The summed E-state index contributed by atoms with van der Waals surface area (Å²) in [5.74, 6) is 0.701. The van der Waals surface area contributed by atoms with Crippen molar-refractivity contribution in [1.82, 2.24) is 0 Å². The van der Waals surface area contributed by atoms with Gasteiger partial charge in [-0.15, -0.1) is 0 Å². The molecule has 0 aliphatic heterocycles. The summed E-state index contributed by atoms with van der Waals surface area (Å²) in [6.07, 6.45) is 5.01. The molecule has 9 rings (SSSR count). The Morgan fingerprint density at radius 1 is 0.310 bits per heavy atom. The predicted octanol–water partition coefficient (Wildman–Crippen LogP) is 9.45. The standard InChI is InChI=1S/C42H28/c1-2-8-27(9-3-1)35-21-37-22-36(30-16-14-29(15-17-30)34-19-18-28-10-4-5-11-31(28)20-34)26-41-39-24-33-13-7-6-12-32(33)23-38(39)40(25-35)42(37)41/h1-26,38-39H. The molecule has 196 valence electrons. The van der Waals surface area contributed by atoms with Gasteiger partial charge in [-0.05, 0) is 107 Å². The number of benzene rings is 7. The third kappa shape index (κ3) is 3.69. The van der Waals surface area contributed by atoms with E-state index < -0.39 is 0 Å². The highest BCUT2D eigenvalue weighted by molar-refractivity contribution is 6.01. The smallest absolute Gasteiger partial charge is 0.0138 e. The van der Waals surface area contributed by atoms with Crippen LogP contribution in [0, 0.1) is 0 Å². The molecule has 0 amide bonds. The molecule has 0 N–H and O–H groups in total. The number of rotatable bonds is 3. The van der Waals surface area contributed by atoms with Crippen LogP contribution in [0.2, 0.25) is 0 Å². The lowest BCUT2D eigenvalue weighted by Crippen LogP contribution is -2.29. The zero-order valence-corrected chi connectivity index (χ0v) is 23.2. The highest BCUT2D eigenvalue weighted by atomic mass is 14.4. The molecule has 2 atom stereocenters. The van der Waals surface area contributed by atoms with Gasteiger partial charge in [-0.1, -0.05) is 127 Å². The normalized spacial score (nSPS) is 16.5. The van der Waals surface area contributed by atoms with E-state index in [1.165, 1.54) is 76.5 Å². The third-order valence-corrected chi connectivity index (χ3v) is 9.34. The Balaban J connectivity index is 1.20. The van der Waals surface area contributed by atoms with Crippen LogP contribution < -0.4 is 10.4 Å². The first-order chi connectivity index (χ1) is 20.8. The highest BCUT2D eigenvalue weighted by Crippen LogP contribution is 2.51. The Morgan fingerprint density at radius 3 is 1.43 bits per heavy atom. The molecule has 7 aromatic carbocycles. The average Bonchev–Trinajstić information content (AvgIpc) is 3.36. The van der Waals surface area contributed by atoms with E-state index in [1.54, 1.807) is 0 Å². The zero-order valence-electron chi connectivity index (χ0n) is 23.2. The van der Waals surface area contributed by atoms with E-state index in [2.05, 4.69) is 158 Å². The Hall–Kier alpha value is -5.20. The summed E-state index contributed by atoms with van der Waals surface area (Å²) < 4.78 is 0. The number of hydrogen-bond acceptors (Lipinski definition) is 0. The lowest BCUT2D eigenvalue weighted by molar-refractivity contribution is 0.834. The zero-order chi connectivity index (χ0) is 27.6. The molecule has 0 heteroatoms. The van der Waals surface area contributed by atoms with Crippen LogP contribution in [-0.4, -0.2) is 0 Å². The molecule has 7 aromatic rings. The third-order valence-electron chi connectivity index (χ3n) is 9.34. The van der Waals surface area contributed by atoms with E-state index in [4.69, 9.17) is 0 Å². The first-order valence-electron chi connectivity index (χ1n) is 14.8. The summed E-state index contributed by atoms with van der Waals surface area (Å²) in [5.41, 5.74) is 10.5. The number of fused-ring (bicyclic) bond motifs is 5. The van der Waals surface area contributed by atoms with Crippen molar-refractivity contribution in [2.45, 2.75) is 11.8 Å². The van der Waals surface area contributed by atoms with Crippen LogP contribution in [0.3, 0.4) is 0 Å². The minimum absolute atomic E-state index is 0.347. The summed E-state index contributed by atoms with van der Waals surface area (Å²) in [6.45, 7) is 0. The maximum atomic E-state index is 2.50. The molecule has 0 spiro atoms. The molecular weight excluding hydrogens is 504 g/mol. The second kappa shape index (κ2) is 9.16. The molecule has 42 heavy (non-hydrogen) atoms. The van der Waals surface area contributed by atoms with Crippen LogP contribution in [0.1, 0.15) is 23.0 Å². The van der Waals surface area contributed by atoms with Crippen molar-refractivity contribution in [3.05, 3.63) is 167 Å². The van der Waals surface area contributed by atoms with Gasteiger partial charge in [0.05, 0.1) is 0 Å². The Morgan fingerprint density at radius 2 is 0.786 bits per heavy atom. The molecule has 2 unspecified atom stereocenters. The summed E-state index contributed by atoms with van der Waals surface area (Å²) in [6, 6.07) is 53.8. The topological polar surface area (TPSA) is 0 Å². The van der Waals surface area contributed by atoms with E-state index in [0.29, 0.717) is 11.8 Å². The SMILES string of the molecule is C1=c2ccccc2=CC2c3cc(-c4ccc(-c5ccc6ccccc6c5)cc4)cc4cc(-c5ccccc5)cc(c34)C12. The van der Waals surface area contributed by atoms with Crippen LogP contribution in [-0.2, 0) is 0 Å². The van der Waals surface area contributed by atoms with Crippen molar-refractivity contribution < 1.29 is 0 Å². The van der Waals surface area contributed by atoms with Gasteiger partial charge in [-0.3, -0.25) is 0 Å². The predicted molar refractivity (Wildman–Crippen MR) is 178 cm³/mol. The summed E-state index contributed by atoms with van der Waals surface area (Å²) in [5, 5.41) is 8.00. The first-order valence-corrected chi connectivity index (χ1v) is 14.8. The fourth-order valence-corrected chi connectivity index (χ4v) is 7.27. The largest absolute Gasteiger partial charge is 0.0682 e. The molecular formula is C42H28. The molecule has 2 aliphatic carbocycles. The first kappa shape index (κ1) is 23.5. The van der Waals surface area contributed by atoms with Gasteiger partial charge in [0.1, 0.15) is 0 Å². The van der Waals surface area contributed by atoms with Crippen molar-refractivity contribution >= 4 is 33.7 Å². The lowest BCUT2D eigenvalue weighted by atomic mass is 9.84. The van der Waals surface area contributed by atoms with Gasteiger partial charge in [0, 0.05) is 11.8 Å². The van der Waals surface area contributed by atoms with Gasteiger partial charge >= 0.3 is 0 Å². The second-order valence-corrected chi connectivity index (χ2v) is 11.7. The van der Waals surface area contributed by atoms with Gasteiger partial charge in [-0.25, -0.2) is 0 Å².